The van der Waals surface area contributed by atoms with Crippen LogP contribution in [0.5, 0.6) is 0 Å². The molecule has 0 fully saturated rings. The number of hydrogen-bond donors (Lipinski definition) is 1. The van der Waals surface area contributed by atoms with Crippen molar-refractivity contribution >= 4 is 29.1 Å². The number of thioether (sulfide) groups is 1. The Labute approximate surface area is 79.6 Å². The largest absolute Gasteiger partial charge is 0.481 e. The minimum Gasteiger partial charge on any atom is -0.481 e. The molecule has 0 aliphatic heterocycles. The number of aliphatic carboxylic acids is 1. The Bertz CT molecular complexity index is 231. The summed E-state index contributed by atoms with van der Waals surface area (Å²) in [7, 11) is 0. The molecular formula is C8H10O2S2. The fourth-order valence-electron chi connectivity index (χ4n) is 0.727. The van der Waals surface area contributed by atoms with Crippen LogP contribution in [0.1, 0.15) is 11.3 Å². The molecule has 1 rings (SSSR count). The van der Waals surface area contributed by atoms with E-state index >= 15 is 0 Å². The van der Waals surface area contributed by atoms with Crippen LogP contribution >= 0.6 is 23.1 Å². The van der Waals surface area contributed by atoms with Gasteiger partial charge in [-0.2, -0.15) is 11.8 Å². The summed E-state index contributed by atoms with van der Waals surface area (Å²) in [6.07, 6.45) is 0.260. The van der Waals surface area contributed by atoms with Gasteiger partial charge in [0.15, 0.2) is 0 Å². The van der Waals surface area contributed by atoms with E-state index in [-0.39, 0.29) is 6.42 Å². The highest BCUT2D eigenvalue weighted by Crippen LogP contribution is 2.17. The molecule has 0 radical (unpaired) electrons. The monoisotopic (exact) mass is 202 g/mol. The lowest BCUT2D eigenvalue weighted by molar-refractivity contribution is -0.136. The summed E-state index contributed by atoms with van der Waals surface area (Å²) in [5, 5.41) is 10.4. The van der Waals surface area contributed by atoms with E-state index in [1.807, 2.05) is 11.4 Å². The first-order chi connectivity index (χ1) is 5.79. The minimum atomic E-state index is -0.714. The third-order valence-electron chi connectivity index (χ3n) is 1.28. The number of carboxylic acids is 1. The van der Waals surface area contributed by atoms with Gasteiger partial charge < -0.3 is 5.11 Å². The van der Waals surface area contributed by atoms with E-state index in [1.54, 1.807) is 23.1 Å². The second-order valence-corrected chi connectivity index (χ2v) is 4.41. The molecular weight excluding hydrogens is 192 g/mol. The molecule has 1 heterocycles. The highest BCUT2D eigenvalue weighted by atomic mass is 32.2. The zero-order valence-corrected chi connectivity index (χ0v) is 8.16. The maximum atomic E-state index is 10.1. The normalized spacial score (nSPS) is 10.0. The minimum absolute atomic E-state index is 0.260. The van der Waals surface area contributed by atoms with Gasteiger partial charge in [0, 0.05) is 16.4 Å². The second kappa shape index (κ2) is 5.22. The van der Waals surface area contributed by atoms with Crippen molar-refractivity contribution in [2.75, 3.05) is 5.75 Å². The Morgan fingerprint density at radius 2 is 2.50 bits per heavy atom. The lowest BCUT2D eigenvalue weighted by Gasteiger charge is -1.95. The second-order valence-electron chi connectivity index (χ2n) is 2.28. The van der Waals surface area contributed by atoms with Gasteiger partial charge in [-0.25, -0.2) is 0 Å². The van der Waals surface area contributed by atoms with E-state index in [2.05, 4.69) is 6.07 Å². The highest BCUT2D eigenvalue weighted by Gasteiger charge is 1.97. The molecule has 0 amide bonds. The van der Waals surface area contributed by atoms with Gasteiger partial charge in [0.05, 0.1) is 6.42 Å². The quantitative estimate of drug-likeness (QED) is 0.745. The van der Waals surface area contributed by atoms with Crippen LogP contribution in [0.15, 0.2) is 17.5 Å². The summed E-state index contributed by atoms with van der Waals surface area (Å²) < 4.78 is 0. The zero-order chi connectivity index (χ0) is 8.81. The van der Waals surface area contributed by atoms with E-state index in [9.17, 15) is 4.79 Å². The van der Waals surface area contributed by atoms with E-state index in [1.165, 1.54) is 4.88 Å². The van der Waals surface area contributed by atoms with E-state index in [0.717, 1.165) is 5.75 Å². The Morgan fingerprint density at radius 3 is 3.08 bits per heavy atom. The van der Waals surface area contributed by atoms with Crippen LogP contribution in [-0.4, -0.2) is 16.8 Å². The van der Waals surface area contributed by atoms with Crippen LogP contribution in [0.3, 0.4) is 0 Å². The van der Waals surface area contributed by atoms with E-state index in [4.69, 9.17) is 5.11 Å². The zero-order valence-electron chi connectivity index (χ0n) is 6.53. The highest BCUT2D eigenvalue weighted by molar-refractivity contribution is 7.98. The lowest BCUT2D eigenvalue weighted by atomic mass is 10.5. The predicted octanol–water partition coefficient (Wildman–Crippen LogP) is 2.46. The molecule has 0 spiro atoms. The molecule has 66 valence electrons. The van der Waals surface area contributed by atoms with Crippen LogP contribution in [0.2, 0.25) is 0 Å². The molecule has 1 aromatic rings. The van der Waals surface area contributed by atoms with Crippen molar-refractivity contribution in [3.63, 3.8) is 0 Å². The third-order valence-corrected chi connectivity index (χ3v) is 3.35. The smallest absolute Gasteiger partial charge is 0.304 e. The number of carbonyl (C=O) groups is 1. The maximum absolute atomic E-state index is 10.1. The third kappa shape index (κ3) is 3.78. The van der Waals surface area contributed by atoms with E-state index < -0.39 is 5.97 Å². The van der Waals surface area contributed by atoms with Crippen molar-refractivity contribution in [2.24, 2.45) is 0 Å². The summed E-state index contributed by atoms with van der Waals surface area (Å²) >= 11 is 3.38. The molecule has 2 nitrogen and oxygen atoms in total. The molecule has 0 aliphatic rings. The van der Waals surface area contributed by atoms with Gasteiger partial charge in [-0.1, -0.05) is 6.07 Å². The van der Waals surface area contributed by atoms with Gasteiger partial charge in [0.25, 0.3) is 0 Å². The van der Waals surface area contributed by atoms with Crippen molar-refractivity contribution in [1.29, 1.82) is 0 Å². The summed E-state index contributed by atoms with van der Waals surface area (Å²) in [5.74, 6) is 0.923. The number of hydrogen-bond acceptors (Lipinski definition) is 3. The van der Waals surface area contributed by atoms with Crippen LogP contribution < -0.4 is 0 Å². The van der Waals surface area contributed by atoms with Crippen LogP contribution in [0.4, 0.5) is 0 Å². The van der Waals surface area contributed by atoms with Crippen molar-refractivity contribution < 1.29 is 9.90 Å². The molecule has 0 bridgehead atoms. The van der Waals surface area contributed by atoms with Crippen LogP contribution in [0.25, 0.3) is 0 Å². The Kier molecular flexibility index (Phi) is 4.18. The van der Waals surface area contributed by atoms with Crippen molar-refractivity contribution in [3.05, 3.63) is 22.4 Å². The fourth-order valence-corrected chi connectivity index (χ4v) is 2.50. The average molecular weight is 202 g/mol. The van der Waals surface area contributed by atoms with Crippen molar-refractivity contribution in [1.82, 2.24) is 0 Å². The summed E-state index contributed by atoms with van der Waals surface area (Å²) in [6, 6.07) is 4.08. The maximum Gasteiger partial charge on any atom is 0.304 e. The van der Waals surface area contributed by atoms with Gasteiger partial charge in [0.1, 0.15) is 0 Å². The molecule has 1 N–H and O–H groups in total. The van der Waals surface area contributed by atoms with Crippen molar-refractivity contribution in [2.45, 2.75) is 12.2 Å². The van der Waals surface area contributed by atoms with Gasteiger partial charge in [-0.15, -0.1) is 11.3 Å². The average Bonchev–Trinajstić information content (AvgIpc) is 2.49. The first-order valence-electron chi connectivity index (χ1n) is 3.61. The molecule has 0 saturated carbocycles. The molecule has 1 aromatic heterocycles. The molecule has 0 atom stereocenters. The lowest BCUT2D eigenvalue weighted by Crippen LogP contribution is -1.95. The standard InChI is InChI=1S/C8H10O2S2/c9-8(10)3-5-11-6-7-2-1-4-12-7/h1-2,4H,3,5-6H2,(H,9,10). The Hall–Kier alpha value is -0.480. The van der Waals surface area contributed by atoms with E-state index in [0.29, 0.717) is 5.75 Å². The van der Waals surface area contributed by atoms with Crippen LogP contribution in [-0.2, 0) is 10.5 Å². The van der Waals surface area contributed by atoms with Gasteiger partial charge in [-0.3, -0.25) is 4.79 Å². The molecule has 0 unspecified atom stereocenters. The number of rotatable bonds is 5. The van der Waals surface area contributed by atoms with Gasteiger partial charge in [0.2, 0.25) is 0 Å². The molecule has 12 heavy (non-hydrogen) atoms. The fraction of sp³-hybridized carbons (Fsp3) is 0.375. The summed E-state index contributed by atoms with van der Waals surface area (Å²) in [4.78, 5) is 11.5. The molecule has 0 saturated heterocycles. The van der Waals surface area contributed by atoms with Gasteiger partial charge >= 0.3 is 5.97 Å². The van der Waals surface area contributed by atoms with Crippen molar-refractivity contribution in [3.8, 4) is 0 Å². The molecule has 0 aromatic carbocycles. The summed E-state index contributed by atoms with van der Waals surface area (Å²) in [5.41, 5.74) is 0. The predicted molar refractivity (Wildman–Crippen MR) is 52.7 cm³/mol. The number of thiophene rings is 1. The summed E-state index contributed by atoms with van der Waals surface area (Å²) in [6.45, 7) is 0. The first kappa shape index (κ1) is 9.61. The van der Waals surface area contributed by atoms with Crippen LogP contribution in [0, 0.1) is 0 Å². The SMILES string of the molecule is O=C(O)CCSCc1cccs1. The van der Waals surface area contributed by atoms with Gasteiger partial charge in [-0.05, 0) is 11.4 Å². The Balaban J connectivity index is 2.07. The topological polar surface area (TPSA) is 37.3 Å². The molecule has 0 aliphatic carbocycles. The Morgan fingerprint density at radius 1 is 1.67 bits per heavy atom. The number of carboxylic acid groups (broad SMARTS) is 1. The first-order valence-corrected chi connectivity index (χ1v) is 5.64. The molecule has 4 heteroatoms.